The molecule has 1 aromatic heterocycles. The second-order valence-electron chi connectivity index (χ2n) is 11.3. The molecule has 0 saturated carbocycles. The zero-order chi connectivity index (χ0) is 25.5. The molecule has 0 aliphatic rings. The van der Waals surface area contributed by atoms with E-state index in [1.54, 1.807) is 6.20 Å². The summed E-state index contributed by atoms with van der Waals surface area (Å²) >= 11 is 0. The summed E-state index contributed by atoms with van der Waals surface area (Å²) in [6, 6.07) is 22.8. The molecule has 180 valence electrons. The number of carbonyl (C=O) groups is 2. The highest BCUT2D eigenvalue weighted by Gasteiger charge is 2.22. The third-order valence-electron chi connectivity index (χ3n) is 6.55. The number of carboxylic acids is 1. The molecule has 0 saturated heterocycles. The van der Waals surface area contributed by atoms with Gasteiger partial charge in [0.05, 0.1) is 5.56 Å². The lowest BCUT2D eigenvalue weighted by Crippen LogP contribution is -2.12. The smallest absolute Gasteiger partial charge is 0.377 e. The van der Waals surface area contributed by atoms with E-state index in [4.69, 9.17) is 0 Å². The van der Waals surface area contributed by atoms with Crippen molar-refractivity contribution in [1.29, 1.82) is 0 Å². The average Bonchev–Trinajstić information content (AvgIpc) is 3.15. The molecule has 3 aromatic carbocycles. The van der Waals surface area contributed by atoms with Crippen LogP contribution in [-0.4, -0.2) is 21.4 Å². The third kappa shape index (κ3) is 5.07. The Kier molecular flexibility index (Phi) is 6.18. The SMILES string of the molecule is CC(C)(C)c1ccc(Cn2cc(C(=O)C(=O)O)c3cc(-c4cccc(C(C)(C)C)c4)ccc32)cc1. The number of hydrogen-bond donors (Lipinski definition) is 1. The average molecular weight is 468 g/mol. The minimum Gasteiger partial charge on any atom is -0.475 e. The number of benzene rings is 3. The lowest BCUT2D eigenvalue weighted by molar-refractivity contribution is -0.131. The highest BCUT2D eigenvalue weighted by Crippen LogP contribution is 2.32. The van der Waals surface area contributed by atoms with Crippen molar-refractivity contribution in [2.45, 2.75) is 58.9 Å². The summed E-state index contributed by atoms with van der Waals surface area (Å²) in [5, 5.41) is 10.1. The van der Waals surface area contributed by atoms with Gasteiger partial charge in [0, 0.05) is 23.6 Å². The van der Waals surface area contributed by atoms with Crippen LogP contribution < -0.4 is 0 Å². The van der Waals surface area contributed by atoms with E-state index in [0.717, 1.165) is 22.2 Å². The number of rotatable bonds is 5. The fraction of sp³-hybridized carbons (Fsp3) is 0.290. The van der Waals surface area contributed by atoms with E-state index in [2.05, 4.69) is 77.9 Å². The Balaban J connectivity index is 1.79. The molecule has 0 aliphatic carbocycles. The Bertz CT molecular complexity index is 1410. The van der Waals surface area contributed by atoms with Crippen LogP contribution in [0.1, 0.15) is 68.6 Å². The molecule has 1 N–H and O–H groups in total. The topological polar surface area (TPSA) is 59.3 Å². The summed E-state index contributed by atoms with van der Waals surface area (Å²) in [5.41, 5.74) is 6.69. The zero-order valence-electron chi connectivity index (χ0n) is 21.3. The van der Waals surface area contributed by atoms with E-state index in [1.165, 1.54) is 11.1 Å². The summed E-state index contributed by atoms with van der Waals surface area (Å²) in [5.74, 6) is -2.34. The van der Waals surface area contributed by atoms with Crippen molar-refractivity contribution in [3.63, 3.8) is 0 Å². The lowest BCUT2D eigenvalue weighted by Gasteiger charge is -2.20. The molecule has 4 aromatic rings. The van der Waals surface area contributed by atoms with Gasteiger partial charge in [-0.05, 0) is 50.8 Å². The Morgan fingerprint density at radius 1 is 0.771 bits per heavy atom. The van der Waals surface area contributed by atoms with Gasteiger partial charge in [-0.2, -0.15) is 0 Å². The number of nitrogens with zero attached hydrogens (tertiary/aromatic N) is 1. The second-order valence-corrected chi connectivity index (χ2v) is 11.3. The Morgan fingerprint density at radius 2 is 1.40 bits per heavy atom. The quantitative estimate of drug-likeness (QED) is 0.249. The minimum absolute atomic E-state index is 0.0103. The zero-order valence-corrected chi connectivity index (χ0v) is 21.3. The van der Waals surface area contributed by atoms with E-state index in [9.17, 15) is 14.7 Å². The van der Waals surface area contributed by atoms with Gasteiger partial charge < -0.3 is 9.67 Å². The first kappa shape index (κ1) is 24.5. The predicted molar refractivity (Wildman–Crippen MR) is 142 cm³/mol. The molecule has 0 aliphatic heterocycles. The van der Waals surface area contributed by atoms with Crippen LogP contribution in [0, 0.1) is 0 Å². The molecule has 0 amide bonds. The van der Waals surface area contributed by atoms with E-state index < -0.39 is 11.8 Å². The molecule has 0 unspecified atom stereocenters. The fourth-order valence-electron chi connectivity index (χ4n) is 4.38. The number of aliphatic carboxylic acids is 1. The minimum atomic E-state index is -1.45. The first-order chi connectivity index (χ1) is 16.3. The molecule has 4 rings (SSSR count). The maximum absolute atomic E-state index is 12.6. The summed E-state index contributed by atoms with van der Waals surface area (Å²) in [7, 11) is 0. The number of aromatic nitrogens is 1. The summed E-state index contributed by atoms with van der Waals surface area (Å²) in [4.78, 5) is 24.2. The molecule has 0 atom stereocenters. The van der Waals surface area contributed by atoms with E-state index >= 15 is 0 Å². The van der Waals surface area contributed by atoms with Gasteiger partial charge in [-0.3, -0.25) is 4.79 Å². The summed E-state index contributed by atoms with van der Waals surface area (Å²) < 4.78 is 1.97. The predicted octanol–water partition coefficient (Wildman–Crippen LogP) is 7.22. The Hall–Kier alpha value is -3.66. The van der Waals surface area contributed by atoms with Crippen LogP contribution in [0.25, 0.3) is 22.0 Å². The molecule has 35 heavy (non-hydrogen) atoms. The maximum atomic E-state index is 12.6. The molecule has 1 heterocycles. The van der Waals surface area contributed by atoms with E-state index in [1.807, 2.05) is 34.9 Å². The third-order valence-corrected chi connectivity index (χ3v) is 6.55. The second kappa shape index (κ2) is 8.84. The van der Waals surface area contributed by atoms with Crippen LogP contribution in [0.3, 0.4) is 0 Å². The van der Waals surface area contributed by atoms with Gasteiger partial charge >= 0.3 is 5.97 Å². The van der Waals surface area contributed by atoms with Gasteiger partial charge in [-0.15, -0.1) is 0 Å². The van der Waals surface area contributed by atoms with Crippen LogP contribution in [0.15, 0.2) is 72.9 Å². The number of fused-ring (bicyclic) bond motifs is 1. The Morgan fingerprint density at radius 3 is 2.00 bits per heavy atom. The van der Waals surface area contributed by atoms with Crippen molar-refractivity contribution in [3.8, 4) is 11.1 Å². The van der Waals surface area contributed by atoms with Crippen molar-refractivity contribution >= 4 is 22.7 Å². The maximum Gasteiger partial charge on any atom is 0.377 e. The standard InChI is InChI=1S/C31H33NO3/c1-30(2,3)23-13-10-20(11-14-23)18-32-19-26(28(33)29(34)35)25-17-22(12-15-27(25)32)21-8-7-9-24(16-21)31(4,5)6/h7-17,19H,18H2,1-6H3,(H,34,35). The van der Waals surface area contributed by atoms with Gasteiger partial charge in [0.2, 0.25) is 0 Å². The van der Waals surface area contributed by atoms with Gasteiger partial charge in [0.1, 0.15) is 0 Å². The number of Topliss-reactive ketones (excluding diaryl/α,β-unsaturated/α-hetero) is 1. The van der Waals surface area contributed by atoms with Crippen molar-refractivity contribution < 1.29 is 14.7 Å². The van der Waals surface area contributed by atoms with Crippen LogP contribution in [-0.2, 0) is 22.2 Å². The Labute approximate surface area is 207 Å². The van der Waals surface area contributed by atoms with Crippen LogP contribution in [0.5, 0.6) is 0 Å². The normalized spacial score (nSPS) is 12.2. The monoisotopic (exact) mass is 467 g/mol. The van der Waals surface area contributed by atoms with Gasteiger partial charge in [-0.25, -0.2) is 4.79 Å². The number of hydrogen-bond acceptors (Lipinski definition) is 2. The lowest BCUT2D eigenvalue weighted by atomic mass is 9.85. The van der Waals surface area contributed by atoms with Crippen molar-refractivity contribution in [2.75, 3.05) is 0 Å². The van der Waals surface area contributed by atoms with Crippen LogP contribution >= 0.6 is 0 Å². The molecule has 4 nitrogen and oxygen atoms in total. The number of carboxylic acid groups (broad SMARTS) is 1. The molecule has 0 bridgehead atoms. The molecule has 0 fully saturated rings. The van der Waals surface area contributed by atoms with Gasteiger partial charge in [-0.1, -0.05) is 96.1 Å². The van der Waals surface area contributed by atoms with Crippen LogP contribution in [0.4, 0.5) is 0 Å². The fourth-order valence-corrected chi connectivity index (χ4v) is 4.38. The highest BCUT2D eigenvalue weighted by molar-refractivity contribution is 6.42. The summed E-state index contributed by atoms with van der Waals surface area (Å²) in [6.45, 7) is 13.6. The first-order valence-electron chi connectivity index (χ1n) is 12.0. The van der Waals surface area contributed by atoms with Crippen molar-refractivity contribution in [1.82, 2.24) is 4.57 Å². The first-order valence-corrected chi connectivity index (χ1v) is 12.0. The molecular weight excluding hydrogens is 434 g/mol. The van der Waals surface area contributed by atoms with Gasteiger partial charge in [0.15, 0.2) is 0 Å². The van der Waals surface area contributed by atoms with Crippen molar-refractivity contribution in [2.24, 2.45) is 0 Å². The van der Waals surface area contributed by atoms with E-state index in [0.29, 0.717) is 11.9 Å². The largest absolute Gasteiger partial charge is 0.475 e. The molecule has 0 radical (unpaired) electrons. The number of carbonyl (C=O) groups excluding carboxylic acids is 1. The molecule has 0 spiro atoms. The van der Waals surface area contributed by atoms with Gasteiger partial charge in [0.25, 0.3) is 5.78 Å². The highest BCUT2D eigenvalue weighted by atomic mass is 16.4. The number of ketones is 1. The van der Waals surface area contributed by atoms with Crippen molar-refractivity contribution in [3.05, 3.63) is 95.2 Å². The van der Waals surface area contributed by atoms with Crippen LogP contribution in [0.2, 0.25) is 0 Å². The summed E-state index contributed by atoms with van der Waals surface area (Å²) in [6.07, 6.45) is 1.67. The molecular formula is C31H33NO3. The van der Waals surface area contributed by atoms with E-state index in [-0.39, 0.29) is 16.4 Å². The molecule has 4 heteroatoms.